The van der Waals surface area contributed by atoms with Crippen molar-refractivity contribution in [3.8, 4) is 11.5 Å². The molecule has 2 aromatic rings. The summed E-state index contributed by atoms with van der Waals surface area (Å²) in [4.78, 5) is 49.1. The molecule has 38 heavy (non-hydrogen) atoms. The molecule has 204 valence electrons. The van der Waals surface area contributed by atoms with E-state index in [4.69, 9.17) is 9.47 Å². The molecule has 10 heteroatoms. The molecule has 0 saturated heterocycles. The van der Waals surface area contributed by atoms with Crippen molar-refractivity contribution >= 4 is 23.6 Å². The van der Waals surface area contributed by atoms with Crippen LogP contribution in [0.4, 0.5) is 0 Å². The molecule has 0 aromatic heterocycles. The first-order valence-corrected chi connectivity index (χ1v) is 12.7. The van der Waals surface area contributed by atoms with E-state index >= 15 is 0 Å². The molecule has 0 atom stereocenters. The van der Waals surface area contributed by atoms with Crippen LogP contribution in [0.5, 0.6) is 11.5 Å². The maximum atomic E-state index is 12.5. The largest absolute Gasteiger partial charge is 0.483 e. The lowest BCUT2D eigenvalue weighted by Gasteiger charge is -2.27. The molecule has 3 rings (SSSR count). The average molecular weight is 525 g/mol. The number of hydrogen-bond donors (Lipinski definition) is 4. The van der Waals surface area contributed by atoms with Crippen molar-refractivity contribution in [2.45, 2.75) is 53.4 Å². The Kier molecular flexibility index (Phi) is 10.1. The summed E-state index contributed by atoms with van der Waals surface area (Å²) in [7, 11) is 0. The van der Waals surface area contributed by atoms with Crippen LogP contribution in [-0.2, 0) is 19.2 Å². The zero-order valence-electron chi connectivity index (χ0n) is 22.3. The molecule has 10 nitrogen and oxygen atoms in total. The van der Waals surface area contributed by atoms with E-state index < -0.39 is 11.8 Å². The van der Waals surface area contributed by atoms with Gasteiger partial charge in [-0.05, 0) is 87.8 Å². The van der Waals surface area contributed by atoms with Crippen LogP contribution in [0.3, 0.4) is 0 Å². The first-order chi connectivity index (χ1) is 18.2. The lowest BCUT2D eigenvalue weighted by atomic mass is 9.81. The van der Waals surface area contributed by atoms with Crippen LogP contribution in [0.1, 0.15) is 47.9 Å². The number of hydrazine groups is 2. The van der Waals surface area contributed by atoms with E-state index in [2.05, 4.69) is 21.7 Å². The van der Waals surface area contributed by atoms with Gasteiger partial charge in [0.05, 0.1) is 0 Å². The third kappa shape index (κ3) is 7.96. The van der Waals surface area contributed by atoms with Gasteiger partial charge in [0.25, 0.3) is 11.8 Å². The Balaban J connectivity index is 1.31. The van der Waals surface area contributed by atoms with Gasteiger partial charge in [0.15, 0.2) is 13.2 Å². The Bertz CT molecular complexity index is 1080. The first-order valence-electron chi connectivity index (χ1n) is 12.7. The van der Waals surface area contributed by atoms with Crippen molar-refractivity contribution in [3.63, 3.8) is 0 Å². The predicted octanol–water partition coefficient (Wildman–Crippen LogP) is 2.48. The van der Waals surface area contributed by atoms with Crippen molar-refractivity contribution in [2.75, 3.05) is 13.2 Å². The first kappa shape index (κ1) is 28.5. The van der Waals surface area contributed by atoms with E-state index in [1.165, 1.54) is 0 Å². The average Bonchev–Trinajstić information content (AvgIpc) is 2.92. The highest BCUT2D eigenvalue weighted by Gasteiger charge is 2.30. The molecular weight excluding hydrogens is 488 g/mol. The van der Waals surface area contributed by atoms with Crippen LogP contribution >= 0.6 is 0 Å². The monoisotopic (exact) mass is 524 g/mol. The second-order valence-electron chi connectivity index (χ2n) is 9.60. The third-order valence-electron chi connectivity index (χ3n) is 6.95. The standard InChI is InChI=1S/C28H36N4O6/c1-17-7-5-9-23(19(17)3)37-15-25(33)29-31-27(35)21-11-13-22(14-12-21)28(36)32-30-26(34)16-38-24-10-6-8-18(2)20(24)4/h5-10,21-22H,11-16H2,1-4H3,(H,29,33)(H,30,34)(H,31,35)(H,32,36). The normalized spacial score (nSPS) is 16.6. The van der Waals surface area contributed by atoms with Gasteiger partial charge in [0.1, 0.15) is 11.5 Å². The number of aryl methyl sites for hydroxylation is 2. The highest BCUT2D eigenvalue weighted by atomic mass is 16.5. The van der Waals surface area contributed by atoms with Crippen molar-refractivity contribution < 1.29 is 28.7 Å². The van der Waals surface area contributed by atoms with E-state index in [-0.39, 0.29) is 36.9 Å². The minimum Gasteiger partial charge on any atom is -0.483 e. The Hall–Kier alpha value is -4.08. The summed E-state index contributed by atoms with van der Waals surface area (Å²) in [5.41, 5.74) is 13.7. The minimum atomic E-state index is -0.468. The maximum Gasteiger partial charge on any atom is 0.276 e. The molecule has 0 bridgehead atoms. The van der Waals surface area contributed by atoms with Crippen LogP contribution in [-0.4, -0.2) is 36.8 Å². The zero-order chi connectivity index (χ0) is 27.7. The van der Waals surface area contributed by atoms with Gasteiger partial charge in [-0.25, -0.2) is 0 Å². The van der Waals surface area contributed by atoms with Gasteiger partial charge in [0, 0.05) is 11.8 Å². The van der Waals surface area contributed by atoms with Crippen LogP contribution in [0.25, 0.3) is 0 Å². The molecule has 2 aromatic carbocycles. The number of carbonyl (C=O) groups excluding carboxylic acids is 4. The lowest BCUT2D eigenvalue weighted by molar-refractivity contribution is -0.135. The number of hydrogen-bond acceptors (Lipinski definition) is 6. The van der Waals surface area contributed by atoms with E-state index in [1.54, 1.807) is 12.1 Å². The van der Waals surface area contributed by atoms with Crippen LogP contribution in [0, 0.1) is 39.5 Å². The van der Waals surface area contributed by atoms with Crippen LogP contribution in [0.2, 0.25) is 0 Å². The molecule has 0 heterocycles. The molecule has 0 spiro atoms. The quantitative estimate of drug-likeness (QED) is 0.392. The second-order valence-corrected chi connectivity index (χ2v) is 9.60. The smallest absolute Gasteiger partial charge is 0.276 e. The molecule has 4 amide bonds. The minimum absolute atomic E-state index is 0.223. The van der Waals surface area contributed by atoms with Crippen molar-refractivity contribution in [2.24, 2.45) is 11.8 Å². The number of nitrogens with one attached hydrogen (secondary N) is 4. The molecule has 4 N–H and O–H groups in total. The SMILES string of the molecule is Cc1cccc(OCC(=O)NNC(=O)C2CCC(C(=O)NNC(=O)COc3cccc(C)c3C)CC2)c1C. The van der Waals surface area contributed by atoms with Gasteiger partial charge >= 0.3 is 0 Å². The van der Waals surface area contributed by atoms with Gasteiger partial charge < -0.3 is 9.47 Å². The fourth-order valence-electron chi connectivity index (χ4n) is 4.20. The van der Waals surface area contributed by atoms with E-state index in [0.717, 1.165) is 22.3 Å². The molecule has 1 saturated carbocycles. The van der Waals surface area contributed by atoms with E-state index in [0.29, 0.717) is 37.2 Å². The number of benzene rings is 2. The summed E-state index contributed by atoms with van der Waals surface area (Å²) >= 11 is 0. The van der Waals surface area contributed by atoms with Gasteiger partial charge in [0.2, 0.25) is 11.8 Å². The van der Waals surface area contributed by atoms with Crippen LogP contribution in [0.15, 0.2) is 36.4 Å². The van der Waals surface area contributed by atoms with Gasteiger partial charge in [-0.2, -0.15) is 0 Å². The predicted molar refractivity (Wildman–Crippen MR) is 141 cm³/mol. The fraction of sp³-hybridized carbons (Fsp3) is 0.429. The Morgan fingerprint density at radius 1 is 0.632 bits per heavy atom. The fourth-order valence-corrected chi connectivity index (χ4v) is 4.20. The summed E-state index contributed by atoms with van der Waals surface area (Å²) < 4.78 is 11.1. The summed E-state index contributed by atoms with van der Waals surface area (Å²) in [6.45, 7) is 7.30. The van der Waals surface area contributed by atoms with E-state index in [9.17, 15) is 19.2 Å². The molecule has 0 radical (unpaired) electrons. The van der Waals surface area contributed by atoms with E-state index in [1.807, 2.05) is 52.0 Å². The lowest BCUT2D eigenvalue weighted by Crippen LogP contribution is -2.49. The molecular formula is C28H36N4O6. The van der Waals surface area contributed by atoms with Gasteiger partial charge in [-0.3, -0.25) is 40.9 Å². The summed E-state index contributed by atoms with van der Waals surface area (Å²) in [5.74, 6) is -0.947. The van der Waals surface area contributed by atoms with Gasteiger partial charge in [-0.15, -0.1) is 0 Å². The molecule has 1 aliphatic carbocycles. The topological polar surface area (TPSA) is 135 Å². The molecule has 0 unspecified atom stereocenters. The van der Waals surface area contributed by atoms with Gasteiger partial charge in [-0.1, -0.05) is 24.3 Å². The summed E-state index contributed by atoms with van der Waals surface area (Å²) in [6, 6.07) is 11.2. The zero-order valence-corrected chi connectivity index (χ0v) is 22.3. The Labute approximate surface area is 222 Å². The number of carbonyl (C=O) groups is 4. The highest BCUT2D eigenvalue weighted by molar-refractivity contribution is 5.85. The number of amides is 4. The Morgan fingerprint density at radius 2 is 1.00 bits per heavy atom. The number of rotatable bonds is 8. The maximum absolute atomic E-state index is 12.5. The van der Waals surface area contributed by atoms with Crippen molar-refractivity contribution in [1.29, 1.82) is 0 Å². The highest BCUT2D eigenvalue weighted by Crippen LogP contribution is 2.29. The molecule has 1 fully saturated rings. The third-order valence-corrected chi connectivity index (χ3v) is 6.95. The summed E-state index contributed by atoms with van der Waals surface area (Å²) in [5, 5.41) is 0. The second kappa shape index (κ2) is 13.5. The Morgan fingerprint density at radius 3 is 1.37 bits per heavy atom. The van der Waals surface area contributed by atoms with Crippen LogP contribution < -0.4 is 31.2 Å². The van der Waals surface area contributed by atoms with Crippen molar-refractivity contribution in [3.05, 3.63) is 58.7 Å². The molecule has 1 aliphatic rings. The molecule has 0 aliphatic heterocycles. The number of ether oxygens (including phenoxy) is 2. The summed E-state index contributed by atoms with van der Waals surface area (Å²) in [6.07, 6.45) is 1.95. The van der Waals surface area contributed by atoms with Crippen molar-refractivity contribution in [1.82, 2.24) is 21.7 Å².